The summed E-state index contributed by atoms with van der Waals surface area (Å²) in [7, 11) is 3.12. The van der Waals surface area contributed by atoms with Crippen LogP contribution in [0.15, 0.2) is 18.2 Å². The molecule has 0 aliphatic heterocycles. The van der Waals surface area contributed by atoms with E-state index >= 15 is 0 Å². The summed E-state index contributed by atoms with van der Waals surface area (Å²) in [6.07, 6.45) is -0.860. The van der Waals surface area contributed by atoms with Crippen molar-refractivity contribution in [2.45, 2.75) is 6.10 Å². The van der Waals surface area contributed by atoms with Crippen molar-refractivity contribution in [2.24, 2.45) is 0 Å². The van der Waals surface area contributed by atoms with Crippen LogP contribution in [-0.4, -0.2) is 51.7 Å². The second kappa shape index (κ2) is 8.58. The van der Waals surface area contributed by atoms with Crippen LogP contribution in [0.3, 0.4) is 0 Å². The van der Waals surface area contributed by atoms with Gasteiger partial charge in [-0.3, -0.25) is 0 Å². The van der Waals surface area contributed by atoms with Gasteiger partial charge < -0.3 is 24.6 Å². The van der Waals surface area contributed by atoms with Gasteiger partial charge in [-0.15, -0.1) is 0 Å². The quantitative estimate of drug-likeness (QED) is 0.637. The van der Waals surface area contributed by atoms with Crippen molar-refractivity contribution < 1.29 is 24.4 Å². The zero-order chi connectivity index (χ0) is 14.1. The maximum absolute atomic E-state index is 10.3. The minimum atomic E-state index is -0.860. The molecule has 19 heavy (non-hydrogen) atoms. The van der Waals surface area contributed by atoms with Gasteiger partial charge in [-0.1, -0.05) is 6.07 Å². The van der Waals surface area contributed by atoms with Gasteiger partial charge in [-0.05, 0) is 12.1 Å². The molecule has 1 rings (SSSR count). The van der Waals surface area contributed by atoms with Gasteiger partial charge in [-0.25, -0.2) is 5.11 Å². The van der Waals surface area contributed by atoms with E-state index in [2.05, 4.69) is 5.32 Å². The normalized spacial score (nSPS) is 12.0. The molecule has 1 atom stereocenters. The maximum atomic E-state index is 10.3. The fraction of sp³-hybridized carbons (Fsp3) is 0.538. The van der Waals surface area contributed by atoms with Crippen LogP contribution in [0, 0.1) is 0 Å². The zero-order valence-corrected chi connectivity index (χ0v) is 11.2. The Labute approximate surface area is 112 Å². The molecule has 6 heteroatoms. The lowest BCUT2D eigenvalue weighted by molar-refractivity contribution is 0.0550. The Morgan fingerprint density at radius 2 is 1.89 bits per heavy atom. The molecule has 2 N–H and O–H groups in total. The number of ether oxygens (including phenoxy) is 3. The highest BCUT2D eigenvalue weighted by molar-refractivity contribution is 5.51. The molecule has 6 nitrogen and oxygen atoms in total. The fourth-order valence-corrected chi connectivity index (χ4v) is 1.51. The topological polar surface area (TPSA) is 79.8 Å². The number of aliphatic hydroxyl groups is 1. The lowest BCUT2D eigenvalue weighted by Gasteiger charge is -2.14. The minimum absolute atomic E-state index is 0.260. The van der Waals surface area contributed by atoms with Crippen molar-refractivity contribution in [1.82, 2.24) is 5.32 Å². The third-order valence-corrected chi connectivity index (χ3v) is 2.48. The number of para-hydroxylation sites is 1. The Morgan fingerprint density at radius 1 is 1.26 bits per heavy atom. The van der Waals surface area contributed by atoms with Gasteiger partial charge in [0.15, 0.2) is 11.5 Å². The molecule has 0 saturated carbocycles. The number of hydrogen-bond donors (Lipinski definition) is 2. The van der Waals surface area contributed by atoms with Gasteiger partial charge in [0.25, 0.3) is 0 Å². The smallest absolute Gasteiger partial charge is 0.203 e. The monoisotopic (exact) mass is 270 g/mol. The average Bonchev–Trinajstić information content (AvgIpc) is 2.46. The number of rotatable bonds is 9. The summed E-state index contributed by atoms with van der Waals surface area (Å²) >= 11 is 0. The third kappa shape index (κ3) is 4.94. The Balaban J connectivity index is 2.44. The van der Waals surface area contributed by atoms with Crippen LogP contribution in [0.25, 0.3) is 0 Å². The first-order valence-electron chi connectivity index (χ1n) is 6.03. The molecule has 0 fully saturated rings. The van der Waals surface area contributed by atoms with Crippen molar-refractivity contribution in [3.8, 4) is 17.2 Å². The molecule has 107 valence electrons. The summed E-state index contributed by atoms with van der Waals surface area (Å²) in [4.78, 5) is 0. The van der Waals surface area contributed by atoms with Crippen molar-refractivity contribution in [1.29, 1.82) is 0 Å². The van der Waals surface area contributed by atoms with E-state index in [1.165, 1.54) is 0 Å². The maximum Gasteiger partial charge on any atom is 0.203 e. The molecule has 1 radical (unpaired) electrons. The summed E-state index contributed by atoms with van der Waals surface area (Å²) in [6, 6.07) is 5.38. The fourth-order valence-electron chi connectivity index (χ4n) is 1.51. The summed E-state index contributed by atoms with van der Waals surface area (Å²) in [5, 5.41) is 22.3. The second-order valence-electron chi connectivity index (χ2n) is 3.86. The number of hydrogen-bond acceptors (Lipinski definition) is 5. The molecule has 1 aromatic rings. The number of benzene rings is 1. The Bertz CT molecular complexity index is 350. The second-order valence-corrected chi connectivity index (χ2v) is 3.86. The molecule has 1 aromatic carbocycles. The molecular formula is C13H20NO5. The number of methoxy groups -OCH3 is 2. The van der Waals surface area contributed by atoms with E-state index in [-0.39, 0.29) is 6.54 Å². The first-order chi connectivity index (χ1) is 9.22. The van der Waals surface area contributed by atoms with Crippen molar-refractivity contribution in [3.05, 3.63) is 18.2 Å². The average molecular weight is 270 g/mol. The lowest BCUT2D eigenvalue weighted by atomic mass is 10.3. The SMILES string of the molecule is COc1cccc(OC)c1OCCNCC(O)C[O]. The van der Waals surface area contributed by atoms with E-state index in [0.717, 1.165) is 0 Å². The highest BCUT2D eigenvalue weighted by Crippen LogP contribution is 2.36. The molecule has 0 saturated heterocycles. The minimum Gasteiger partial charge on any atom is -0.493 e. The van der Waals surface area contributed by atoms with Crippen LogP contribution in [0.2, 0.25) is 0 Å². The Hall–Kier alpha value is -1.50. The molecular weight excluding hydrogens is 250 g/mol. The lowest BCUT2D eigenvalue weighted by Crippen LogP contribution is -2.31. The molecule has 0 aliphatic carbocycles. The van der Waals surface area contributed by atoms with Crippen molar-refractivity contribution >= 4 is 0 Å². The third-order valence-electron chi connectivity index (χ3n) is 2.48. The van der Waals surface area contributed by atoms with Crippen LogP contribution in [0.1, 0.15) is 0 Å². The van der Waals surface area contributed by atoms with Crippen LogP contribution < -0.4 is 19.5 Å². The van der Waals surface area contributed by atoms with Gasteiger partial charge in [0, 0.05) is 13.1 Å². The summed E-state index contributed by atoms with van der Waals surface area (Å²) < 4.78 is 16.0. The van der Waals surface area contributed by atoms with Crippen LogP contribution >= 0.6 is 0 Å². The van der Waals surface area contributed by atoms with Gasteiger partial charge >= 0.3 is 0 Å². The predicted octanol–water partition coefficient (Wildman–Crippen LogP) is 0.464. The highest BCUT2D eigenvalue weighted by atomic mass is 16.5. The van der Waals surface area contributed by atoms with E-state index in [4.69, 9.17) is 19.3 Å². The standard InChI is InChI=1S/C13H20NO5/c1-17-11-4-3-5-12(18-2)13(11)19-7-6-14-8-10(16)9-15/h3-5,10,14,16H,6-9H2,1-2H3. The van der Waals surface area contributed by atoms with Crippen molar-refractivity contribution in [3.63, 3.8) is 0 Å². The van der Waals surface area contributed by atoms with Crippen LogP contribution in [0.5, 0.6) is 17.2 Å². The molecule has 0 heterocycles. The zero-order valence-electron chi connectivity index (χ0n) is 11.2. The van der Waals surface area contributed by atoms with Gasteiger partial charge in [0.1, 0.15) is 13.2 Å². The molecule has 0 spiro atoms. The Kier molecular flexibility index (Phi) is 7.02. The summed E-state index contributed by atoms with van der Waals surface area (Å²) in [6.45, 7) is 0.644. The predicted molar refractivity (Wildman–Crippen MR) is 69.5 cm³/mol. The van der Waals surface area contributed by atoms with Gasteiger partial charge in [0.05, 0.1) is 20.3 Å². The summed E-state index contributed by atoms with van der Waals surface area (Å²) in [5.41, 5.74) is 0. The molecule has 0 bridgehead atoms. The highest BCUT2D eigenvalue weighted by Gasteiger charge is 2.10. The van der Waals surface area contributed by atoms with E-state index in [1.54, 1.807) is 26.4 Å². The van der Waals surface area contributed by atoms with E-state index in [1.807, 2.05) is 6.07 Å². The van der Waals surface area contributed by atoms with Gasteiger partial charge in [-0.2, -0.15) is 0 Å². The van der Waals surface area contributed by atoms with Crippen LogP contribution in [0.4, 0.5) is 0 Å². The van der Waals surface area contributed by atoms with E-state index in [0.29, 0.717) is 30.4 Å². The number of aliphatic hydroxyl groups excluding tert-OH is 1. The molecule has 0 amide bonds. The van der Waals surface area contributed by atoms with Gasteiger partial charge in [0.2, 0.25) is 5.75 Å². The largest absolute Gasteiger partial charge is 0.493 e. The first kappa shape index (κ1) is 15.6. The van der Waals surface area contributed by atoms with E-state index in [9.17, 15) is 5.11 Å². The number of nitrogens with one attached hydrogen (secondary N) is 1. The summed E-state index contributed by atoms with van der Waals surface area (Å²) in [5.74, 6) is 1.73. The molecule has 1 unspecified atom stereocenters. The molecule has 0 aliphatic rings. The van der Waals surface area contributed by atoms with E-state index < -0.39 is 12.7 Å². The molecule has 0 aromatic heterocycles. The van der Waals surface area contributed by atoms with Crippen molar-refractivity contribution in [2.75, 3.05) is 40.5 Å². The Morgan fingerprint density at radius 3 is 2.42 bits per heavy atom. The van der Waals surface area contributed by atoms with Crippen LogP contribution in [-0.2, 0) is 5.11 Å². The first-order valence-corrected chi connectivity index (χ1v) is 6.03.